The first-order valence-corrected chi connectivity index (χ1v) is 18.1. The molecule has 0 aliphatic carbocycles. The van der Waals surface area contributed by atoms with Gasteiger partial charge in [-0.1, -0.05) is 128 Å². The lowest BCUT2D eigenvalue weighted by molar-refractivity contribution is 1.08. The van der Waals surface area contributed by atoms with Crippen molar-refractivity contribution in [3.05, 3.63) is 170 Å². The molecule has 0 fully saturated rings. The summed E-state index contributed by atoms with van der Waals surface area (Å²) in [5.41, 5.74) is 11.1. The van der Waals surface area contributed by atoms with Crippen LogP contribution >= 0.6 is 0 Å². The van der Waals surface area contributed by atoms with Gasteiger partial charge in [-0.3, -0.25) is 4.57 Å². The molecular formula is C49H32N4. The third-order valence-corrected chi connectivity index (χ3v) is 10.9. The molecule has 0 radical (unpaired) electrons. The Kier molecular flexibility index (Phi) is 6.29. The summed E-state index contributed by atoms with van der Waals surface area (Å²) < 4.78 is 4.80. The summed E-state index contributed by atoms with van der Waals surface area (Å²) in [5.74, 6) is 1.56. The maximum atomic E-state index is 5.49. The molecule has 248 valence electrons. The molecule has 4 heteroatoms. The van der Waals surface area contributed by atoms with Crippen molar-refractivity contribution in [3.63, 3.8) is 0 Å². The molecule has 0 aliphatic heterocycles. The third kappa shape index (κ3) is 4.18. The van der Waals surface area contributed by atoms with Gasteiger partial charge < -0.3 is 4.40 Å². The largest absolute Gasteiger partial charge is 0.308 e. The van der Waals surface area contributed by atoms with Gasteiger partial charge >= 0.3 is 0 Å². The van der Waals surface area contributed by atoms with E-state index >= 15 is 0 Å². The molecule has 4 heterocycles. The molecule has 0 amide bonds. The maximum Gasteiger partial charge on any atom is 0.162 e. The van der Waals surface area contributed by atoms with Gasteiger partial charge in [-0.2, -0.15) is 0 Å². The minimum Gasteiger partial charge on any atom is -0.308 e. The number of allylic oxidation sites excluding steroid dienone is 1. The predicted octanol–water partition coefficient (Wildman–Crippen LogP) is 12.9. The van der Waals surface area contributed by atoms with Gasteiger partial charge in [-0.15, -0.1) is 0 Å². The molecule has 0 spiro atoms. The molecule has 11 aromatic rings. The molecule has 0 N–H and O–H groups in total. The Hall–Kier alpha value is -7.04. The van der Waals surface area contributed by atoms with Gasteiger partial charge in [-0.25, -0.2) is 9.97 Å². The molecule has 0 bridgehead atoms. The van der Waals surface area contributed by atoms with E-state index in [1.54, 1.807) is 0 Å². The highest BCUT2D eigenvalue weighted by Gasteiger charge is 2.26. The molecule has 4 nitrogen and oxygen atoms in total. The van der Waals surface area contributed by atoms with Gasteiger partial charge in [-0.05, 0) is 71.3 Å². The van der Waals surface area contributed by atoms with E-state index in [1.807, 2.05) is 12.1 Å². The van der Waals surface area contributed by atoms with Gasteiger partial charge in [0, 0.05) is 43.4 Å². The normalized spacial score (nSPS) is 12.2. The second-order valence-electron chi connectivity index (χ2n) is 13.8. The van der Waals surface area contributed by atoms with Crippen molar-refractivity contribution in [3.8, 4) is 28.3 Å². The number of benzene rings is 7. The fraction of sp³-hybridized carbons (Fsp3) is 0.0204. The van der Waals surface area contributed by atoms with E-state index in [4.69, 9.17) is 9.97 Å². The Bertz CT molecular complexity index is 3290. The lowest BCUT2D eigenvalue weighted by atomic mass is 10.00. The molecule has 7 aromatic carbocycles. The highest BCUT2D eigenvalue weighted by molar-refractivity contribution is 6.34. The minimum absolute atomic E-state index is 0.694. The van der Waals surface area contributed by atoms with Gasteiger partial charge in [0.1, 0.15) is 5.82 Å². The van der Waals surface area contributed by atoms with E-state index in [9.17, 15) is 0 Å². The van der Waals surface area contributed by atoms with E-state index in [0.29, 0.717) is 5.82 Å². The second kappa shape index (κ2) is 11.2. The van der Waals surface area contributed by atoms with Crippen LogP contribution in [0, 0.1) is 0 Å². The van der Waals surface area contributed by atoms with Gasteiger partial charge in [0.2, 0.25) is 0 Å². The van der Waals surface area contributed by atoms with Crippen molar-refractivity contribution in [2.75, 3.05) is 0 Å². The highest BCUT2D eigenvalue weighted by Crippen LogP contribution is 2.47. The van der Waals surface area contributed by atoms with Crippen LogP contribution in [0.25, 0.3) is 111 Å². The third-order valence-electron chi connectivity index (χ3n) is 10.9. The zero-order chi connectivity index (χ0) is 35.2. The van der Waals surface area contributed by atoms with Crippen LogP contribution in [0.4, 0.5) is 0 Å². The number of nitrogens with zero attached hydrogens (tertiary/aromatic N) is 4. The van der Waals surface area contributed by atoms with E-state index in [0.717, 1.165) is 44.6 Å². The summed E-state index contributed by atoms with van der Waals surface area (Å²) in [6.07, 6.45) is 6.34. The molecule has 0 saturated carbocycles. The fourth-order valence-electron chi connectivity index (χ4n) is 8.63. The molecule has 4 aromatic heterocycles. The Morgan fingerprint density at radius 2 is 1.23 bits per heavy atom. The van der Waals surface area contributed by atoms with Crippen LogP contribution in [-0.2, 0) is 0 Å². The van der Waals surface area contributed by atoms with Crippen LogP contribution in [0.2, 0.25) is 0 Å². The molecule has 53 heavy (non-hydrogen) atoms. The summed E-state index contributed by atoms with van der Waals surface area (Å²) in [6, 6.07) is 52.0. The number of hydrogen-bond acceptors (Lipinski definition) is 2. The van der Waals surface area contributed by atoms with E-state index in [1.165, 1.54) is 59.9 Å². The highest BCUT2D eigenvalue weighted by atomic mass is 15.1. The Morgan fingerprint density at radius 1 is 0.547 bits per heavy atom. The van der Waals surface area contributed by atoms with E-state index in [-0.39, 0.29) is 0 Å². The summed E-state index contributed by atoms with van der Waals surface area (Å²) in [7, 11) is 0. The smallest absolute Gasteiger partial charge is 0.162 e. The van der Waals surface area contributed by atoms with Gasteiger partial charge in [0.15, 0.2) is 5.82 Å². The van der Waals surface area contributed by atoms with Gasteiger partial charge in [0.05, 0.1) is 33.3 Å². The number of para-hydroxylation sites is 2. The first kappa shape index (κ1) is 29.7. The van der Waals surface area contributed by atoms with Crippen LogP contribution in [0.5, 0.6) is 0 Å². The summed E-state index contributed by atoms with van der Waals surface area (Å²) in [6.45, 7) is 6.38. The Morgan fingerprint density at radius 3 is 2.02 bits per heavy atom. The molecular weight excluding hydrogens is 645 g/mol. The maximum absolute atomic E-state index is 5.49. The number of hydrogen-bond donors (Lipinski definition) is 0. The van der Waals surface area contributed by atoms with Gasteiger partial charge in [0.25, 0.3) is 0 Å². The first-order chi connectivity index (χ1) is 26.2. The molecule has 0 unspecified atom stereocenters. The summed E-state index contributed by atoms with van der Waals surface area (Å²) >= 11 is 0. The average Bonchev–Trinajstić information content (AvgIpc) is 3.83. The predicted molar refractivity (Wildman–Crippen MR) is 224 cm³/mol. The van der Waals surface area contributed by atoms with Crippen LogP contribution < -0.4 is 0 Å². The topological polar surface area (TPSA) is 35.1 Å². The SMILES string of the molecule is C=Cc1c(/C=C\C)c2cc3c(c4cc5ccccc5cc4n3-c3nc(-c4ccc(-c5ccccc5)cc4)nc4ccccc34)c3c4ccccc4n1c23. The van der Waals surface area contributed by atoms with Crippen LogP contribution in [0.1, 0.15) is 18.2 Å². The van der Waals surface area contributed by atoms with Crippen molar-refractivity contribution >= 4 is 82.8 Å². The van der Waals surface area contributed by atoms with Crippen LogP contribution in [0.3, 0.4) is 0 Å². The molecule has 0 atom stereocenters. The number of aromatic nitrogens is 4. The van der Waals surface area contributed by atoms with Crippen LogP contribution in [-0.4, -0.2) is 18.9 Å². The van der Waals surface area contributed by atoms with Crippen molar-refractivity contribution < 1.29 is 0 Å². The van der Waals surface area contributed by atoms with E-state index in [2.05, 4.69) is 174 Å². The first-order valence-electron chi connectivity index (χ1n) is 18.1. The molecule has 11 rings (SSSR count). The zero-order valence-corrected chi connectivity index (χ0v) is 29.1. The number of fused-ring (bicyclic) bond motifs is 9. The lowest BCUT2D eigenvalue weighted by Gasteiger charge is -2.13. The number of rotatable bonds is 5. The average molecular weight is 677 g/mol. The minimum atomic E-state index is 0.694. The lowest BCUT2D eigenvalue weighted by Crippen LogP contribution is -2.02. The van der Waals surface area contributed by atoms with Crippen molar-refractivity contribution in [1.82, 2.24) is 18.9 Å². The Balaban J connectivity index is 1.31. The quantitative estimate of drug-likeness (QED) is 0.182. The Labute approximate surface area is 305 Å². The summed E-state index contributed by atoms with van der Waals surface area (Å²) in [5, 5.41) is 9.49. The van der Waals surface area contributed by atoms with E-state index < -0.39 is 0 Å². The van der Waals surface area contributed by atoms with Crippen molar-refractivity contribution in [2.45, 2.75) is 6.92 Å². The monoisotopic (exact) mass is 676 g/mol. The standard InChI is InChI=1S/C49H32N4/c1-3-14-35-38-29-44-45(46-37-20-11-13-22-42(37)52(47(38)46)41(35)4-2)39-27-33-17-8-9-18-34(33)28-43(39)53(44)49-36-19-10-12-21-40(36)50-48(51-49)32-25-23-31(24-26-32)30-15-6-5-7-16-30/h3-29H,2H2,1H3/b14-3-. The summed E-state index contributed by atoms with van der Waals surface area (Å²) in [4.78, 5) is 10.6. The zero-order valence-electron chi connectivity index (χ0n) is 29.1. The van der Waals surface area contributed by atoms with Crippen molar-refractivity contribution in [2.24, 2.45) is 0 Å². The second-order valence-corrected chi connectivity index (χ2v) is 13.8. The van der Waals surface area contributed by atoms with Crippen molar-refractivity contribution in [1.29, 1.82) is 0 Å². The fourth-order valence-corrected chi connectivity index (χ4v) is 8.63. The molecule has 0 aliphatic rings. The molecule has 0 saturated heterocycles. The van der Waals surface area contributed by atoms with Crippen LogP contribution in [0.15, 0.2) is 158 Å².